The molecular weight excluding hydrogens is 276 g/mol. The van der Waals surface area contributed by atoms with Crippen molar-refractivity contribution in [3.8, 4) is 0 Å². The summed E-state index contributed by atoms with van der Waals surface area (Å²) in [6.07, 6.45) is 0. The molecule has 2 rings (SSSR count). The zero-order valence-corrected chi connectivity index (χ0v) is 12.7. The van der Waals surface area contributed by atoms with Gasteiger partial charge in [0.1, 0.15) is 0 Å². The van der Waals surface area contributed by atoms with Gasteiger partial charge in [0.25, 0.3) is 5.91 Å². The Morgan fingerprint density at radius 1 is 1.35 bits per heavy atom. The highest BCUT2D eigenvalue weighted by molar-refractivity contribution is 7.15. The van der Waals surface area contributed by atoms with Crippen LogP contribution in [0.15, 0.2) is 12.1 Å². The first-order valence-electron chi connectivity index (χ1n) is 6.78. The second-order valence-electron chi connectivity index (χ2n) is 4.93. The van der Waals surface area contributed by atoms with Crippen LogP contribution in [0.1, 0.15) is 33.2 Å². The summed E-state index contributed by atoms with van der Waals surface area (Å²) in [5.74, 6) is -0.113. The maximum Gasteiger partial charge on any atom is 0.261 e. The Hall–Kier alpha value is -1.24. The van der Waals surface area contributed by atoms with Gasteiger partial charge in [0.05, 0.1) is 23.0 Å². The molecule has 0 spiro atoms. The van der Waals surface area contributed by atoms with E-state index in [4.69, 9.17) is 4.74 Å². The number of hydrogen-bond acceptors (Lipinski definition) is 5. The van der Waals surface area contributed by atoms with E-state index in [0.717, 1.165) is 26.3 Å². The summed E-state index contributed by atoms with van der Waals surface area (Å²) in [4.78, 5) is 26.7. The van der Waals surface area contributed by atoms with Crippen LogP contribution in [-0.4, -0.2) is 55.5 Å². The van der Waals surface area contributed by atoms with Crippen LogP contribution in [0, 0.1) is 0 Å². The Balaban J connectivity index is 1.83. The number of ketones is 1. The molecule has 0 bridgehead atoms. The molecule has 6 heteroatoms. The minimum Gasteiger partial charge on any atom is -0.379 e. The molecule has 2 heterocycles. The van der Waals surface area contributed by atoms with Crippen molar-refractivity contribution in [2.75, 3.05) is 32.8 Å². The summed E-state index contributed by atoms with van der Waals surface area (Å²) in [6, 6.07) is 3.69. The molecule has 0 aromatic carbocycles. The zero-order valence-electron chi connectivity index (χ0n) is 11.8. The number of carbonyl (C=O) groups excluding carboxylic acids is 2. The van der Waals surface area contributed by atoms with E-state index in [1.54, 1.807) is 12.1 Å². The van der Waals surface area contributed by atoms with Crippen LogP contribution in [0.4, 0.5) is 0 Å². The average molecular weight is 296 g/mol. The first-order chi connectivity index (χ1) is 9.58. The summed E-state index contributed by atoms with van der Waals surface area (Å²) in [5, 5.41) is 2.93. The largest absolute Gasteiger partial charge is 0.379 e. The maximum absolute atomic E-state index is 12.0. The van der Waals surface area contributed by atoms with Crippen LogP contribution in [-0.2, 0) is 4.74 Å². The molecule has 1 aromatic rings. The molecule has 1 saturated heterocycles. The van der Waals surface area contributed by atoms with E-state index in [-0.39, 0.29) is 17.7 Å². The zero-order chi connectivity index (χ0) is 14.5. The van der Waals surface area contributed by atoms with Gasteiger partial charge in [-0.25, -0.2) is 0 Å². The van der Waals surface area contributed by atoms with Crippen LogP contribution in [0.25, 0.3) is 0 Å². The summed E-state index contributed by atoms with van der Waals surface area (Å²) < 4.78 is 5.31. The number of thiophene rings is 1. The molecule has 1 aliphatic heterocycles. The predicted octanol–water partition coefficient (Wildman–Crippen LogP) is 1.40. The summed E-state index contributed by atoms with van der Waals surface area (Å²) >= 11 is 1.24. The highest BCUT2D eigenvalue weighted by Crippen LogP contribution is 2.16. The highest BCUT2D eigenvalue weighted by atomic mass is 32.1. The molecule has 1 fully saturated rings. The molecule has 0 saturated carbocycles. The van der Waals surface area contributed by atoms with Crippen molar-refractivity contribution in [3.63, 3.8) is 0 Å². The Bertz CT molecular complexity index is 481. The molecule has 0 aliphatic carbocycles. The SMILES string of the molecule is CC(=O)c1ccc(C(=O)NC[C@@H](C)N2CCOCC2)s1. The van der Waals surface area contributed by atoms with E-state index in [2.05, 4.69) is 17.1 Å². The topological polar surface area (TPSA) is 58.6 Å². The van der Waals surface area contributed by atoms with Gasteiger partial charge >= 0.3 is 0 Å². The summed E-state index contributed by atoms with van der Waals surface area (Å²) in [5.41, 5.74) is 0. The van der Waals surface area contributed by atoms with E-state index in [9.17, 15) is 9.59 Å². The number of hydrogen-bond donors (Lipinski definition) is 1. The molecule has 1 atom stereocenters. The van der Waals surface area contributed by atoms with Gasteiger partial charge in [-0.3, -0.25) is 14.5 Å². The van der Waals surface area contributed by atoms with E-state index >= 15 is 0 Å². The van der Waals surface area contributed by atoms with Crippen molar-refractivity contribution in [3.05, 3.63) is 21.9 Å². The lowest BCUT2D eigenvalue weighted by Crippen LogP contribution is -2.47. The Morgan fingerprint density at radius 3 is 2.60 bits per heavy atom. The first kappa shape index (κ1) is 15.2. The smallest absolute Gasteiger partial charge is 0.261 e. The third kappa shape index (κ3) is 3.88. The van der Waals surface area contributed by atoms with Crippen molar-refractivity contribution in [2.24, 2.45) is 0 Å². The fraction of sp³-hybridized carbons (Fsp3) is 0.571. The minimum atomic E-state index is -0.109. The van der Waals surface area contributed by atoms with Gasteiger partial charge in [0.15, 0.2) is 5.78 Å². The number of carbonyl (C=O) groups is 2. The molecule has 1 N–H and O–H groups in total. The lowest BCUT2D eigenvalue weighted by atomic mass is 10.2. The van der Waals surface area contributed by atoms with E-state index < -0.39 is 0 Å². The van der Waals surface area contributed by atoms with Gasteiger partial charge in [-0.05, 0) is 26.0 Å². The molecule has 1 aromatic heterocycles. The number of morpholine rings is 1. The Labute approximate surface area is 122 Å². The van der Waals surface area contributed by atoms with Crippen molar-refractivity contribution in [1.29, 1.82) is 0 Å². The van der Waals surface area contributed by atoms with E-state index in [1.165, 1.54) is 18.3 Å². The number of rotatable bonds is 5. The van der Waals surface area contributed by atoms with Crippen molar-refractivity contribution < 1.29 is 14.3 Å². The number of ether oxygens (including phenoxy) is 1. The monoisotopic (exact) mass is 296 g/mol. The van der Waals surface area contributed by atoms with Crippen molar-refractivity contribution in [2.45, 2.75) is 19.9 Å². The highest BCUT2D eigenvalue weighted by Gasteiger charge is 2.18. The first-order valence-corrected chi connectivity index (χ1v) is 7.60. The van der Waals surface area contributed by atoms with Crippen LogP contribution < -0.4 is 5.32 Å². The molecule has 110 valence electrons. The van der Waals surface area contributed by atoms with E-state index in [0.29, 0.717) is 16.3 Å². The molecular formula is C14H20N2O3S. The number of nitrogens with one attached hydrogen (secondary N) is 1. The van der Waals surface area contributed by atoms with Gasteiger partial charge in [-0.2, -0.15) is 0 Å². The number of amides is 1. The normalized spacial score (nSPS) is 17.7. The van der Waals surface area contributed by atoms with Crippen LogP contribution in [0.2, 0.25) is 0 Å². The van der Waals surface area contributed by atoms with Crippen LogP contribution >= 0.6 is 11.3 Å². The van der Waals surface area contributed by atoms with Gasteiger partial charge < -0.3 is 10.1 Å². The molecule has 5 nitrogen and oxygen atoms in total. The Morgan fingerprint density at radius 2 is 2.00 bits per heavy atom. The Kier molecular flexibility index (Phi) is 5.28. The quantitative estimate of drug-likeness (QED) is 0.835. The van der Waals surface area contributed by atoms with Crippen LogP contribution in [0.5, 0.6) is 0 Å². The van der Waals surface area contributed by atoms with Gasteiger partial charge in [-0.1, -0.05) is 0 Å². The van der Waals surface area contributed by atoms with Gasteiger partial charge in [0.2, 0.25) is 0 Å². The second kappa shape index (κ2) is 6.97. The lowest BCUT2D eigenvalue weighted by molar-refractivity contribution is 0.0204. The molecule has 0 radical (unpaired) electrons. The molecule has 0 unspecified atom stereocenters. The molecule has 1 aliphatic rings. The van der Waals surface area contributed by atoms with Crippen molar-refractivity contribution >= 4 is 23.0 Å². The van der Waals surface area contributed by atoms with Gasteiger partial charge in [0, 0.05) is 25.7 Å². The molecule has 1 amide bonds. The van der Waals surface area contributed by atoms with Gasteiger partial charge in [-0.15, -0.1) is 11.3 Å². The van der Waals surface area contributed by atoms with Crippen LogP contribution in [0.3, 0.4) is 0 Å². The number of Topliss-reactive ketones (excluding diaryl/α,β-unsaturated/α-hetero) is 1. The summed E-state index contributed by atoms with van der Waals surface area (Å²) in [6.45, 7) is 7.53. The third-order valence-electron chi connectivity index (χ3n) is 3.40. The fourth-order valence-corrected chi connectivity index (χ4v) is 2.94. The standard InChI is InChI=1S/C14H20N2O3S/c1-10(16-5-7-19-8-6-16)9-15-14(18)13-4-3-12(20-13)11(2)17/h3-4,10H,5-9H2,1-2H3,(H,15,18)/t10-/m1/s1. The van der Waals surface area contributed by atoms with E-state index in [1.807, 2.05) is 0 Å². The average Bonchev–Trinajstić information content (AvgIpc) is 2.95. The maximum atomic E-state index is 12.0. The summed E-state index contributed by atoms with van der Waals surface area (Å²) in [7, 11) is 0. The van der Waals surface area contributed by atoms with Crippen molar-refractivity contribution in [1.82, 2.24) is 10.2 Å². The predicted molar refractivity (Wildman–Crippen MR) is 78.5 cm³/mol. The minimum absolute atomic E-state index is 0.00395. The molecule has 20 heavy (non-hydrogen) atoms. The number of nitrogens with zero attached hydrogens (tertiary/aromatic N) is 1. The lowest BCUT2D eigenvalue weighted by Gasteiger charge is -2.32. The fourth-order valence-electron chi connectivity index (χ4n) is 2.12. The third-order valence-corrected chi connectivity index (χ3v) is 4.59. The second-order valence-corrected chi connectivity index (χ2v) is 6.01.